The molecule has 190 valence electrons. The molecule has 4 atom stereocenters. The van der Waals surface area contributed by atoms with Gasteiger partial charge >= 0.3 is 5.97 Å². The van der Waals surface area contributed by atoms with Crippen LogP contribution in [0.5, 0.6) is 0 Å². The van der Waals surface area contributed by atoms with E-state index in [1.807, 2.05) is 91.0 Å². The van der Waals surface area contributed by atoms with Crippen molar-refractivity contribution in [3.63, 3.8) is 0 Å². The van der Waals surface area contributed by atoms with Crippen molar-refractivity contribution in [2.45, 2.75) is 42.5 Å². The first kappa shape index (κ1) is 25.0. The van der Waals surface area contributed by atoms with Crippen LogP contribution in [-0.4, -0.2) is 56.6 Å². The smallest absolute Gasteiger partial charge is 0.332 e. The molecule has 2 heterocycles. The largest absolute Gasteiger partial charge is 0.451 e. The third-order valence-electron chi connectivity index (χ3n) is 6.68. The number of nitrogens with zero attached hydrogens (tertiary/aromatic N) is 1. The zero-order chi connectivity index (χ0) is 26.0. The van der Waals surface area contributed by atoms with Crippen molar-refractivity contribution in [2.75, 3.05) is 5.75 Å². The highest BCUT2D eigenvalue weighted by atomic mass is 32.2. The van der Waals surface area contributed by atoms with E-state index in [1.54, 1.807) is 0 Å². The summed E-state index contributed by atoms with van der Waals surface area (Å²) in [6.45, 7) is 1.54. The topological polar surface area (TPSA) is 95.9 Å². The third kappa shape index (κ3) is 5.12. The minimum absolute atomic E-state index is 0.154. The Morgan fingerprint density at radius 2 is 1.54 bits per heavy atom. The molecule has 5 rings (SSSR count). The molecule has 2 aliphatic rings. The fourth-order valence-corrected chi connectivity index (χ4v) is 6.27. The Morgan fingerprint density at radius 1 is 1.00 bits per heavy atom. The van der Waals surface area contributed by atoms with E-state index in [2.05, 4.69) is 5.32 Å². The predicted octanol–water partition coefficient (Wildman–Crippen LogP) is 3.08. The average Bonchev–Trinajstić information content (AvgIpc) is 2.91. The van der Waals surface area contributed by atoms with E-state index in [9.17, 15) is 19.5 Å². The molecule has 2 aliphatic heterocycles. The summed E-state index contributed by atoms with van der Waals surface area (Å²) in [6.07, 6.45) is -0.544. The number of aliphatic hydroxyl groups is 1. The molecule has 3 aromatic carbocycles. The Morgan fingerprint density at radius 3 is 2.11 bits per heavy atom. The normalized spacial score (nSPS) is 24.7. The maximum atomic E-state index is 13.6. The number of hydrogen-bond donors (Lipinski definition) is 2. The molecule has 2 fully saturated rings. The van der Waals surface area contributed by atoms with Gasteiger partial charge in [0.2, 0.25) is 11.8 Å². The van der Waals surface area contributed by atoms with Gasteiger partial charge in [-0.2, -0.15) is 0 Å². The molecular formula is C29H28N2O5S. The Labute approximate surface area is 219 Å². The fraction of sp³-hybridized carbons (Fsp3) is 0.276. The summed E-state index contributed by atoms with van der Waals surface area (Å²) in [5, 5.41) is 13.5. The number of ether oxygens (including phenoxy) is 1. The van der Waals surface area contributed by atoms with Gasteiger partial charge in [0, 0.05) is 5.75 Å². The first-order valence-electron chi connectivity index (χ1n) is 12.1. The van der Waals surface area contributed by atoms with E-state index < -0.39 is 41.0 Å². The minimum Gasteiger partial charge on any atom is -0.451 e. The minimum atomic E-state index is -1.50. The van der Waals surface area contributed by atoms with Crippen LogP contribution in [0.1, 0.15) is 29.7 Å². The van der Waals surface area contributed by atoms with Crippen molar-refractivity contribution < 1.29 is 24.2 Å². The van der Waals surface area contributed by atoms with Crippen LogP contribution in [-0.2, 0) is 25.5 Å². The number of esters is 1. The molecule has 7 nitrogen and oxygen atoms in total. The summed E-state index contributed by atoms with van der Waals surface area (Å²) in [7, 11) is 0. The maximum Gasteiger partial charge on any atom is 0.332 e. The van der Waals surface area contributed by atoms with E-state index in [0.29, 0.717) is 0 Å². The molecule has 0 bridgehead atoms. The van der Waals surface area contributed by atoms with Gasteiger partial charge in [-0.25, -0.2) is 4.79 Å². The molecule has 0 saturated carbocycles. The second-order valence-electron chi connectivity index (χ2n) is 9.55. The van der Waals surface area contributed by atoms with Crippen molar-refractivity contribution in [1.82, 2.24) is 10.2 Å². The number of β-lactam (4-membered cyclic amide) rings is 1. The molecule has 2 amide bonds. The quantitative estimate of drug-likeness (QED) is 0.370. The van der Waals surface area contributed by atoms with Crippen LogP contribution in [0.2, 0.25) is 0 Å². The van der Waals surface area contributed by atoms with Gasteiger partial charge in [0.25, 0.3) is 0 Å². The Kier molecular flexibility index (Phi) is 7.04. The molecule has 0 aliphatic carbocycles. The molecule has 0 radical (unpaired) electrons. The van der Waals surface area contributed by atoms with Gasteiger partial charge < -0.3 is 20.1 Å². The standard InChI is InChI=1S/C29H28N2O5S/c1-29(35)18-37-27-23(30-22(32)17-19-11-5-2-6-12-19)26(33)31(27)25(29)28(34)36-24(20-13-7-3-8-14-20)21-15-9-4-10-16-21/h2-16,23-25,27,35H,17-18H2,1H3,(H,30,32)/t23?,25?,27-,29?/m1/s1. The van der Waals surface area contributed by atoms with Crippen LogP contribution in [0.4, 0.5) is 0 Å². The van der Waals surface area contributed by atoms with Crippen molar-refractivity contribution in [3.8, 4) is 0 Å². The average molecular weight is 517 g/mol. The van der Waals surface area contributed by atoms with E-state index in [-0.39, 0.29) is 18.1 Å². The zero-order valence-corrected chi connectivity index (χ0v) is 21.1. The summed E-state index contributed by atoms with van der Waals surface area (Å²) >= 11 is 1.35. The number of thioether (sulfide) groups is 1. The molecule has 0 spiro atoms. The first-order chi connectivity index (χ1) is 17.8. The van der Waals surface area contributed by atoms with Crippen molar-refractivity contribution in [1.29, 1.82) is 0 Å². The van der Waals surface area contributed by atoms with Gasteiger partial charge in [-0.1, -0.05) is 91.0 Å². The lowest BCUT2D eigenvalue weighted by molar-refractivity contribution is -0.180. The monoisotopic (exact) mass is 516 g/mol. The molecular weight excluding hydrogens is 488 g/mol. The third-order valence-corrected chi connectivity index (χ3v) is 8.27. The second-order valence-corrected chi connectivity index (χ2v) is 10.7. The molecule has 2 N–H and O–H groups in total. The molecule has 2 saturated heterocycles. The zero-order valence-electron chi connectivity index (χ0n) is 20.3. The fourth-order valence-electron chi connectivity index (χ4n) is 4.84. The Hall–Kier alpha value is -3.62. The number of benzene rings is 3. The predicted molar refractivity (Wildman–Crippen MR) is 140 cm³/mol. The molecule has 3 aromatic rings. The Bertz CT molecular complexity index is 1230. The number of nitrogens with one attached hydrogen (secondary N) is 1. The summed E-state index contributed by atoms with van der Waals surface area (Å²) in [5.41, 5.74) is 0.913. The van der Waals surface area contributed by atoms with Gasteiger partial charge in [-0.15, -0.1) is 11.8 Å². The van der Waals surface area contributed by atoms with Gasteiger partial charge in [0.1, 0.15) is 17.0 Å². The number of hydrogen-bond acceptors (Lipinski definition) is 6. The van der Waals surface area contributed by atoms with E-state index in [1.165, 1.54) is 23.6 Å². The van der Waals surface area contributed by atoms with Gasteiger partial charge in [-0.3, -0.25) is 9.59 Å². The van der Waals surface area contributed by atoms with Crippen LogP contribution >= 0.6 is 11.8 Å². The summed E-state index contributed by atoms with van der Waals surface area (Å²) < 4.78 is 6.00. The lowest BCUT2D eigenvalue weighted by Crippen LogP contribution is -2.79. The van der Waals surface area contributed by atoms with Crippen LogP contribution < -0.4 is 5.32 Å². The molecule has 3 unspecified atom stereocenters. The number of carbonyl (C=O) groups is 3. The second kappa shape index (κ2) is 10.4. The van der Waals surface area contributed by atoms with E-state index in [0.717, 1.165) is 16.7 Å². The first-order valence-corrected chi connectivity index (χ1v) is 13.2. The highest BCUT2D eigenvalue weighted by Gasteiger charge is 2.61. The van der Waals surface area contributed by atoms with Crippen molar-refractivity contribution >= 4 is 29.5 Å². The summed E-state index contributed by atoms with van der Waals surface area (Å²) in [4.78, 5) is 40.8. The highest BCUT2D eigenvalue weighted by molar-refractivity contribution is 8.00. The molecule has 37 heavy (non-hydrogen) atoms. The van der Waals surface area contributed by atoms with Crippen LogP contribution in [0, 0.1) is 0 Å². The number of carbonyl (C=O) groups excluding carboxylic acids is 3. The van der Waals surface area contributed by atoms with Gasteiger partial charge in [-0.05, 0) is 23.6 Å². The number of fused-ring (bicyclic) bond motifs is 1. The Balaban J connectivity index is 1.33. The van der Waals surface area contributed by atoms with Crippen molar-refractivity contribution in [2.24, 2.45) is 0 Å². The van der Waals surface area contributed by atoms with Crippen LogP contribution in [0.25, 0.3) is 0 Å². The van der Waals surface area contributed by atoms with Crippen LogP contribution in [0.3, 0.4) is 0 Å². The molecule has 0 aromatic heterocycles. The lowest BCUT2D eigenvalue weighted by Gasteiger charge is -2.56. The van der Waals surface area contributed by atoms with Gasteiger partial charge in [0.15, 0.2) is 12.1 Å². The van der Waals surface area contributed by atoms with Gasteiger partial charge in [0.05, 0.1) is 6.42 Å². The number of rotatable bonds is 7. The van der Waals surface area contributed by atoms with E-state index >= 15 is 0 Å². The SMILES string of the molecule is CC1(O)CS[C@@H]2C(NC(=O)Cc3ccccc3)C(=O)N2C1C(=O)OC(c1ccccc1)c1ccccc1. The van der Waals surface area contributed by atoms with Crippen molar-refractivity contribution in [3.05, 3.63) is 108 Å². The summed E-state index contributed by atoms with van der Waals surface area (Å²) in [5.74, 6) is -1.14. The lowest BCUT2D eigenvalue weighted by atomic mass is 9.91. The highest BCUT2D eigenvalue weighted by Crippen LogP contribution is 2.43. The summed E-state index contributed by atoms with van der Waals surface area (Å²) in [6, 6.07) is 26.0. The maximum absolute atomic E-state index is 13.6. The number of amides is 2. The van der Waals surface area contributed by atoms with Crippen LogP contribution in [0.15, 0.2) is 91.0 Å². The van der Waals surface area contributed by atoms with E-state index in [4.69, 9.17) is 4.74 Å². The molecule has 8 heteroatoms.